The normalized spacial score (nSPS) is 13.0. The number of hydrogen-bond donors (Lipinski definition) is 0. The summed E-state index contributed by atoms with van der Waals surface area (Å²) in [6.07, 6.45) is -0.380. The number of nitro groups is 1. The van der Waals surface area contributed by atoms with E-state index in [2.05, 4.69) is 0 Å². The molecule has 0 spiro atoms. The van der Waals surface area contributed by atoms with Crippen LogP contribution in [0.5, 0.6) is 5.75 Å². The molecule has 0 bridgehead atoms. The van der Waals surface area contributed by atoms with Crippen LogP contribution < -0.4 is 4.74 Å². The zero-order valence-electron chi connectivity index (χ0n) is 10.5. The summed E-state index contributed by atoms with van der Waals surface area (Å²) in [5.41, 5.74) is -0.700. The van der Waals surface area contributed by atoms with Gasteiger partial charge in [-0.15, -0.1) is 0 Å². The minimum atomic E-state index is -4.43. The summed E-state index contributed by atoms with van der Waals surface area (Å²) in [7, 11) is 1.97. The van der Waals surface area contributed by atoms with Gasteiger partial charge >= 0.3 is 5.69 Å². The van der Waals surface area contributed by atoms with Crippen LogP contribution in [0.3, 0.4) is 0 Å². The van der Waals surface area contributed by atoms with Crippen molar-refractivity contribution >= 4 is 25.4 Å². The summed E-state index contributed by atoms with van der Waals surface area (Å²) in [4.78, 5) is 9.00. The molecule has 0 radical (unpaired) electrons. The predicted molar refractivity (Wildman–Crippen MR) is 68.1 cm³/mol. The zero-order chi connectivity index (χ0) is 15.5. The van der Waals surface area contributed by atoms with Gasteiger partial charge in [0.2, 0.25) is 0 Å². The highest BCUT2D eigenvalue weighted by molar-refractivity contribution is 8.13. The van der Waals surface area contributed by atoms with Gasteiger partial charge in [0.05, 0.1) is 11.0 Å². The van der Waals surface area contributed by atoms with E-state index in [1.54, 1.807) is 6.92 Å². The lowest BCUT2D eigenvalue weighted by Gasteiger charge is -2.12. The second kappa shape index (κ2) is 6.33. The molecule has 0 fully saturated rings. The lowest BCUT2D eigenvalue weighted by Crippen LogP contribution is -2.16. The zero-order valence-corrected chi connectivity index (χ0v) is 12.1. The number of hydrogen-bond acceptors (Lipinski definition) is 6. The van der Waals surface area contributed by atoms with Gasteiger partial charge in [-0.1, -0.05) is 0 Å². The first-order chi connectivity index (χ1) is 9.16. The van der Waals surface area contributed by atoms with Gasteiger partial charge < -0.3 is 9.47 Å². The van der Waals surface area contributed by atoms with Gasteiger partial charge in [-0.25, -0.2) is 12.8 Å². The molecule has 1 rings (SSSR count). The van der Waals surface area contributed by atoms with Crippen LogP contribution >= 0.6 is 10.7 Å². The highest BCUT2D eigenvalue weighted by Crippen LogP contribution is 2.33. The molecule has 20 heavy (non-hydrogen) atoms. The van der Waals surface area contributed by atoms with Gasteiger partial charge in [-0.05, 0) is 6.92 Å². The molecule has 0 heterocycles. The molecule has 0 aliphatic heterocycles. The first-order valence-corrected chi connectivity index (χ1v) is 7.56. The number of nitrogens with zero attached hydrogens (tertiary/aromatic N) is 1. The van der Waals surface area contributed by atoms with E-state index in [-0.39, 0.29) is 12.7 Å². The summed E-state index contributed by atoms with van der Waals surface area (Å²) in [6, 6.07) is 1.13. The van der Waals surface area contributed by atoms with E-state index in [0.717, 1.165) is 0 Å². The molecule has 1 atom stereocenters. The number of benzene rings is 1. The second-order valence-corrected chi connectivity index (χ2v) is 6.34. The first kappa shape index (κ1) is 16.6. The Morgan fingerprint density at radius 1 is 1.50 bits per heavy atom. The number of rotatable bonds is 6. The van der Waals surface area contributed by atoms with Crippen LogP contribution in [0, 0.1) is 15.9 Å². The third-order valence-electron chi connectivity index (χ3n) is 2.35. The van der Waals surface area contributed by atoms with Gasteiger partial charge in [-0.2, -0.15) is 0 Å². The van der Waals surface area contributed by atoms with Gasteiger partial charge in [0, 0.05) is 29.9 Å². The van der Waals surface area contributed by atoms with E-state index < -0.39 is 36.1 Å². The molecule has 1 aromatic carbocycles. The van der Waals surface area contributed by atoms with Crippen molar-refractivity contribution in [3.05, 3.63) is 28.1 Å². The Morgan fingerprint density at radius 2 is 2.10 bits per heavy atom. The van der Waals surface area contributed by atoms with Crippen molar-refractivity contribution in [3.63, 3.8) is 0 Å². The molecular formula is C10H11ClFNO6S. The summed E-state index contributed by atoms with van der Waals surface area (Å²) in [5, 5.41) is 10.9. The monoisotopic (exact) mass is 327 g/mol. The largest absolute Gasteiger partial charge is 0.484 e. The molecule has 0 saturated carbocycles. The average Bonchev–Trinajstić information content (AvgIpc) is 2.33. The molecule has 0 aliphatic rings. The molecule has 0 aromatic heterocycles. The highest BCUT2D eigenvalue weighted by Gasteiger charge is 2.26. The summed E-state index contributed by atoms with van der Waals surface area (Å²) in [6.45, 7) is 1.57. The molecule has 0 aliphatic carbocycles. The summed E-state index contributed by atoms with van der Waals surface area (Å²) >= 11 is 0. The fourth-order valence-electron chi connectivity index (χ4n) is 1.24. The molecule has 10 heteroatoms. The van der Waals surface area contributed by atoms with Gasteiger partial charge in [0.15, 0.2) is 5.75 Å². The Bertz CT molecular complexity index is 620. The maximum atomic E-state index is 13.6. The minimum absolute atomic E-state index is 0.0657. The molecule has 1 aromatic rings. The summed E-state index contributed by atoms with van der Waals surface area (Å²) in [5.74, 6) is -1.63. The SMILES string of the molecule is COC(C)COc1cc(F)c(S(=O)(=O)Cl)cc1[N+](=O)[O-]. The Labute approximate surface area is 118 Å². The van der Waals surface area contributed by atoms with Crippen LogP contribution in [-0.2, 0) is 13.8 Å². The summed E-state index contributed by atoms with van der Waals surface area (Å²) < 4.78 is 45.7. The Kier molecular flexibility index (Phi) is 5.26. The molecular weight excluding hydrogens is 317 g/mol. The van der Waals surface area contributed by atoms with Gasteiger partial charge in [0.1, 0.15) is 17.3 Å². The van der Waals surface area contributed by atoms with Crippen molar-refractivity contribution in [2.45, 2.75) is 17.9 Å². The molecule has 7 nitrogen and oxygen atoms in total. The topological polar surface area (TPSA) is 95.7 Å². The van der Waals surface area contributed by atoms with Crippen molar-refractivity contribution in [2.24, 2.45) is 0 Å². The number of ether oxygens (including phenoxy) is 2. The quantitative estimate of drug-likeness (QED) is 0.451. The minimum Gasteiger partial charge on any atom is -0.484 e. The second-order valence-electron chi connectivity index (χ2n) is 3.80. The number of nitro benzene ring substituents is 1. The van der Waals surface area contributed by atoms with Crippen LogP contribution in [0.15, 0.2) is 17.0 Å². The first-order valence-electron chi connectivity index (χ1n) is 5.25. The Hall–Kier alpha value is -1.45. The van der Waals surface area contributed by atoms with Crippen molar-refractivity contribution in [3.8, 4) is 5.75 Å². The standard InChI is InChI=1S/C10H11ClFNO6S/c1-6(18-2)5-19-9-3-7(12)10(20(11,16)17)4-8(9)13(14)15/h3-4,6H,5H2,1-2H3. The molecule has 0 saturated heterocycles. The highest BCUT2D eigenvalue weighted by atomic mass is 35.7. The van der Waals surface area contributed by atoms with Crippen molar-refractivity contribution in [1.29, 1.82) is 0 Å². The third kappa shape index (κ3) is 4.02. The van der Waals surface area contributed by atoms with E-state index in [9.17, 15) is 22.9 Å². The van der Waals surface area contributed by atoms with Crippen LogP contribution in [0.1, 0.15) is 6.92 Å². The van der Waals surface area contributed by atoms with E-state index in [1.165, 1.54) is 7.11 Å². The Balaban J connectivity index is 3.25. The molecule has 1 unspecified atom stereocenters. The van der Waals surface area contributed by atoms with E-state index in [0.29, 0.717) is 12.1 Å². The fraction of sp³-hybridized carbons (Fsp3) is 0.400. The molecule has 0 N–H and O–H groups in total. The van der Waals surface area contributed by atoms with Crippen LogP contribution in [0.25, 0.3) is 0 Å². The lowest BCUT2D eigenvalue weighted by atomic mass is 10.3. The van der Waals surface area contributed by atoms with Crippen LogP contribution in [0.2, 0.25) is 0 Å². The fourth-order valence-corrected chi connectivity index (χ4v) is 2.14. The lowest BCUT2D eigenvalue weighted by molar-refractivity contribution is -0.386. The predicted octanol–water partition coefficient (Wildman–Crippen LogP) is 2.08. The van der Waals surface area contributed by atoms with E-state index in [4.69, 9.17) is 20.2 Å². The van der Waals surface area contributed by atoms with Crippen LogP contribution in [0.4, 0.5) is 10.1 Å². The maximum absolute atomic E-state index is 13.6. The maximum Gasteiger partial charge on any atom is 0.312 e. The average molecular weight is 328 g/mol. The van der Waals surface area contributed by atoms with Gasteiger partial charge in [0.25, 0.3) is 9.05 Å². The Morgan fingerprint density at radius 3 is 2.55 bits per heavy atom. The van der Waals surface area contributed by atoms with E-state index in [1.807, 2.05) is 0 Å². The smallest absolute Gasteiger partial charge is 0.312 e. The van der Waals surface area contributed by atoms with Crippen LogP contribution in [-0.4, -0.2) is 33.2 Å². The van der Waals surface area contributed by atoms with E-state index >= 15 is 0 Å². The number of halogens is 2. The molecule has 0 amide bonds. The molecule has 112 valence electrons. The van der Waals surface area contributed by atoms with Crippen molar-refractivity contribution in [1.82, 2.24) is 0 Å². The van der Waals surface area contributed by atoms with Crippen molar-refractivity contribution in [2.75, 3.05) is 13.7 Å². The van der Waals surface area contributed by atoms with Gasteiger partial charge in [-0.3, -0.25) is 10.1 Å². The number of methoxy groups -OCH3 is 1. The van der Waals surface area contributed by atoms with Crippen molar-refractivity contribution < 1.29 is 27.2 Å². The third-order valence-corrected chi connectivity index (χ3v) is 3.69.